The molecule has 6 nitrogen and oxygen atoms in total. The minimum Gasteiger partial charge on any atom is -0.494 e. The lowest BCUT2D eigenvalue weighted by Gasteiger charge is -2.15. The fourth-order valence-electron chi connectivity index (χ4n) is 3.12. The Bertz CT molecular complexity index is 561. The van der Waals surface area contributed by atoms with Gasteiger partial charge in [-0.2, -0.15) is 0 Å². The Kier molecular flexibility index (Phi) is 12.2. The fourth-order valence-corrected chi connectivity index (χ4v) is 3.12. The maximum absolute atomic E-state index is 6.03. The number of guanidine groups is 1. The van der Waals surface area contributed by atoms with E-state index in [1.165, 1.54) is 38.5 Å². The van der Waals surface area contributed by atoms with Gasteiger partial charge >= 0.3 is 0 Å². The molecule has 3 N–H and O–H groups in total. The van der Waals surface area contributed by atoms with E-state index in [4.69, 9.17) is 19.9 Å². The molecule has 1 aromatic carbocycles. The van der Waals surface area contributed by atoms with Gasteiger partial charge in [0.05, 0.1) is 38.2 Å². The highest BCUT2D eigenvalue weighted by Gasteiger charge is 2.12. The monoisotopic (exact) mass is 491 g/mol. The van der Waals surface area contributed by atoms with E-state index < -0.39 is 0 Å². The van der Waals surface area contributed by atoms with E-state index in [0.29, 0.717) is 38.4 Å². The SMILES string of the molecule is CCOc1ccc(OCC)c(NC(N)=NCCOC2CCCCCC2)c1.I. The highest BCUT2D eigenvalue weighted by atomic mass is 127. The summed E-state index contributed by atoms with van der Waals surface area (Å²) in [6.45, 7) is 6.23. The molecule has 0 heterocycles. The van der Waals surface area contributed by atoms with Crippen LogP contribution in [0, 0.1) is 0 Å². The number of nitrogens with one attached hydrogen (secondary N) is 1. The third-order valence-corrected chi connectivity index (χ3v) is 4.35. The molecule has 1 aromatic rings. The average Bonchev–Trinajstić information content (AvgIpc) is 2.90. The van der Waals surface area contributed by atoms with Crippen molar-refractivity contribution < 1.29 is 14.2 Å². The van der Waals surface area contributed by atoms with Crippen LogP contribution in [0.3, 0.4) is 0 Å². The predicted molar refractivity (Wildman–Crippen MR) is 122 cm³/mol. The van der Waals surface area contributed by atoms with Gasteiger partial charge in [-0.1, -0.05) is 25.7 Å². The third-order valence-electron chi connectivity index (χ3n) is 4.35. The zero-order chi connectivity index (χ0) is 18.6. The van der Waals surface area contributed by atoms with E-state index >= 15 is 0 Å². The van der Waals surface area contributed by atoms with E-state index in [0.717, 1.165) is 17.2 Å². The van der Waals surface area contributed by atoms with Gasteiger partial charge in [-0.15, -0.1) is 24.0 Å². The van der Waals surface area contributed by atoms with Crippen molar-refractivity contribution in [2.75, 3.05) is 31.7 Å². The van der Waals surface area contributed by atoms with Crippen molar-refractivity contribution >= 4 is 35.6 Å². The minimum atomic E-state index is 0. The number of benzene rings is 1. The van der Waals surface area contributed by atoms with Crippen molar-refractivity contribution in [3.05, 3.63) is 18.2 Å². The normalized spacial score (nSPS) is 15.6. The molecule has 154 valence electrons. The van der Waals surface area contributed by atoms with Crippen LogP contribution in [-0.2, 0) is 4.74 Å². The second-order valence-corrected chi connectivity index (χ2v) is 6.40. The molecule has 0 radical (unpaired) electrons. The molecule has 0 saturated heterocycles. The molecule has 0 aromatic heterocycles. The first-order valence-electron chi connectivity index (χ1n) is 9.81. The number of anilines is 1. The summed E-state index contributed by atoms with van der Waals surface area (Å²) in [4.78, 5) is 4.37. The summed E-state index contributed by atoms with van der Waals surface area (Å²) in [5.74, 6) is 1.84. The lowest BCUT2D eigenvalue weighted by Crippen LogP contribution is -2.24. The van der Waals surface area contributed by atoms with Crippen LogP contribution in [0.5, 0.6) is 11.5 Å². The smallest absolute Gasteiger partial charge is 0.193 e. The number of rotatable bonds is 9. The fraction of sp³-hybridized carbons (Fsp3) is 0.650. The second kappa shape index (κ2) is 13.9. The van der Waals surface area contributed by atoms with Crippen molar-refractivity contribution in [3.63, 3.8) is 0 Å². The van der Waals surface area contributed by atoms with Crippen LogP contribution in [0.1, 0.15) is 52.4 Å². The average molecular weight is 491 g/mol. The van der Waals surface area contributed by atoms with Crippen molar-refractivity contribution in [2.45, 2.75) is 58.5 Å². The molecule has 0 amide bonds. The molecule has 1 fully saturated rings. The van der Waals surface area contributed by atoms with Crippen LogP contribution >= 0.6 is 24.0 Å². The standard InChI is InChI=1S/C20H33N3O3.HI/c1-3-24-17-11-12-19(25-4-2)18(15-17)23-20(21)22-13-14-26-16-9-7-5-6-8-10-16;/h11-12,15-16H,3-10,13-14H2,1-2H3,(H3,21,22,23);1H. The highest BCUT2D eigenvalue weighted by Crippen LogP contribution is 2.29. The summed E-state index contributed by atoms with van der Waals surface area (Å²) in [7, 11) is 0. The lowest BCUT2D eigenvalue weighted by atomic mass is 10.1. The Morgan fingerprint density at radius 1 is 1.11 bits per heavy atom. The minimum absolute atomic E-state index is 0. The molecule has 1 aliphatic carbocycles. The molecule has 2 rings (SSSR count). The molecule has 0 spiro atoms. The van der Waals surface area contributed by atoms with Crippen LogP contribution in [0.25, 0.3) is 0 Å². The van der Waals surface area contributed by atoms with E-state index in [1.54, 1.807) is 0 Å². The molecule has 0 unspecified atom stereocenters. The van der Waals surface area contributed by atoms with Gasteiger partial charge in [-0.25, -0.2) is 0 Å². The number of ether oxygens (including phenoxy) is 3. The van der Waals surface area contributed by atoms with E-state index in [9.17, 15) is 0 Å². The second-order valence-electron chi connectivity index (χ2n) is 6.40. The van der Waals surface area contributed by atoms with Crippen LogP contribution in [0.15, 0.2) is 23.2 Å². The number of aliphatic imine (C=N–C) groups is 1. The maximum Gasteiger partial charge on any atom is 0.193 e. The van der Waals surface area contributed by atoms with Crippen molar-refractivity contribution in [3.8, 4) is 11.5 Å². The summed E-state index contributed by atoms with van der Waals surface area (Å²) in [6.07, 6.45) is 7.92. The zero-order valence-corrected chi connectivity index (χ0v) is 18.9. The molecule has 0 atom stereocenters. The largest absolute Gasteiger partial charge is 0.494 e. The first-order chi connectivity index (χ1) is 12.7. The summed E-state index contributed by atoms with van der Waals surface area (Å²) < 4.78 is 17.1. The van der Waals surface area contributed by atoms with E-state index in [2.05, 4.69) is 10.3 Å². The van der Waals surface area contributed by atoms with Crippen molar-refractivity contribution in [1.82, 2.24) is 0 Å². The highest BCUT2D eigenvalue weighted by molar-refractivity contribution is 14.0. The van der Waals surface area contributed by atoms with Gasteiger partial charge in [0.25, 0.3) is 0 Å². The summed E-state index contributed by atoms with van der Waals surface area (Å²) >= 11 is 0. The van der Waals surface area contributed by atoms with Crippen LogP contribution in [-0.4, -0.2) is 38.4 Å². The third kappa shape index (κ3) is 9.01. The molecule has 7 heteroatoms. The van der Waals surface area contributed by atoms with Crippen LogP contribution < -0.4 is 20.5 Å². The van der Waals surface area contributed by atoms with E-state index in [-0.39, 0.29) is 24.0 Å². The number of nitrogens with zero attached hydrogens (tertiary/aromatic N) is 1. The van der Waals surface area contributed by atoms with Gasteiger partial charge in [0.1, 0.15) is 11.5 Å². The molecule has 27 heavy (non-hydrogen) atoms. The van der Waals surface area contributed by atoms with Crippen LogP contribution in [0.4, 0.5) is 5.69 Å². The van der Waals surface area contributed by atoms with Gasteiger partial charge in [0.15, 0.2) is 5.96 Å². The first-order valence-corrected chi connectivity index (χ1v) is 9.81. The Morgan fingerprint density at radius 2 is 1.81 bits per heavy atom. The predicted octanol–water partition coefficient (Wildman–Crippen LogP) is 4.57. The molecule has 1 aliphatic rings. The molecule has 0 aliphatic heterocycles. The quantitative estimate of drug-likeness (QED) is 0.174. The Morgan fingerprint density at radius 3 is 2.48 bits per heavy atom. The van der Waals surface area contributed by atoms with Gasteiger partial charge < -0.3 is 25.3 Å². The maximum atomic E-state index is 6.03. The summed E-state index contributed by atoms with van der Waals surface area (Å²) in [6, 6.07) is 5.63. The topological polar surface area (TPSA) is 78.1 Å². The van der Waals surface area contributed by atoms with Crippen LogP contribution in [0.2, 0.25) is 0 Å². The first kappa shape index (κ1) is 23.8. The zero-order valence-electron chi connectivity index (χ0n) is 16.5. The molecular formula is C20H34IN3O3. The summed E-state index contributed by atoms with van der Waals surface area (Å²) in [5.41, 5.74) is 6.78. The molecular weight excluding hydrogens is 457 g/mol. The molecule has 1 saturated carbocycles. The van der Waals surface area contributed by atoms with Crippen molar-refractivity contribution in [2.24, 2.45) is 10.7 Å². The number of nitrogens with two attached hydrogens (primary N) is 1. The number of hydrogen-bond acceptors (Lipinski definition) is 4. The molecule has 0 bridgehead atoms. The van der Waals surface area contributed by atoms with Gasteiger partial charge in [-0.05, 0) is 38.8 Å². The van der Waals surface area contributed by atoms with Gasteiger partial charge in [0.2, 0.25) is 0 Å². The van der Waals surface area contributed by atoms with E-state index in [1.807, 2.05) is 32.0 Å². The number of hydrogen-bond donors (Lipinski definition) is 2. The summed E-state index contributed by atoms with van der Waals surface area (Å²) in [5, 5.41) is 3.11. The number of halogens is 1. The van der Waals surface area contributed by atoms with Gasteiger partial charge in [-0.3, -0.25) is 4.99 Å². The van der Waals surface area contributed by atoms with Gasteiger partial charge in [0, 0.05) is 6.07 Å². The Labute approximate surface area is 180 Å². The Hall–Kier alpha value is -1.22. The van der Waals surface area contributed by atoms with Crippen molar-refractivity contribution in [1.29, 1.82) is 0 Å². The Balaban J connectivity index is 0.00000364. The lowest BCUT2D eigenvalue weighted by molar-refractivity contribution is 0.0487.